The standard InChI is InChI=1S/C24H36FN3O2.C24H38FNO2.C21H34FNO2.ClH/c1-13(25)15-6-7-16-19-17(9-11-23(15,16)4)24(5)10-8-14(27-28-26)12-18(24)20-21(19)30-22(2,3)29-20;1-13(25)15-6-7-16-19-17(9-11-23(15,16)4)24(5)10-8-14(26)12-18(24)20-21(19)28-22(2,3)27-20;1-11(22)13-4-5-14-17-15(7-9-20(13,14)2)21(3)8-6-12(23)10-16(21)18(24)19(17)25;/h14,16-21H,6-12H2,1-5H3;14,16-21H,6-12,26H2,1-5H3;12,14-19,24-25H,4-10,23H2,1-3H3;1H/b2*15-13+;13-11+;/t2*14-,16?,17?,18?,19?,20-,21-,23-,24-;12-,14?,15?,16?,17?,18-,19-,20-,21-;/m111./s1. The first-order valence-corrected chi connectivity index (χ1v) is 33.6. The first-order chi connectivity index (χ1) is 38.9. The maximum Gasteiger partial charge on any atom is 0.163 e. The van der Waals surface area contributed by atoms with Crippen LogP contribution in [0.25, 0.3) is 10.4 Å². The molecule has 14 rings (SSSR count). The van der Waals surface area contributed by atoms with Crippen LogP contribution in [0, 0.1) is 104 Å². The zero-order valence-electron chi connectivity index (χ0n) is 53.5. The third-order valence-electron chi connectivity index (χ3n) is 28.7. The number of hydrogen-bond acceptors (Lipinski definition) is 9. The van der Waals surface area contributed by atoms with Crippen LogP contribution in [0.3, 0.4) is 0 Å². The van der Waals surface area contributed by atoms with Crippen molar-refractivity contribution in [3.63, 3.8) is 0 Å². The predicted octanol–water partition coefficient (Wildman–Crippen LogP) is 16.0. The van der Waals surface area contributed by atoms with Crippen molar-refractivity contribution in [2.24, 2.45) is 120 Å². The number of aliphatic hydroxyl groups is 2. The summed E-state index contributed by atoms with van der Waals surface area (Å²) in [7, 11) is 0. The Morgan fingerprint density at radius 2 is 0.798 bits per heavy atom. The highest BCUT2D eigenvalue weighted by Gasteiger charge is 2.71. The Kier molecular flexibility index (Phi) is 16.7. The van der Waals surface area contributed by atoms with Crippen molar-refractivity contribution in [3.05, 3.63) is 44.6 Å². The van der Waals surface area contributed by atoms with E-state index in [4.69, 9.17) is 35.9 Å². The molecule has 12 unspecified atom stereocenters. The number of rotatable bonds is 1. The van der Waals surface area contributed by atoms with Crippen molar-refractivity contribution in [2.45, 2.75) is 291 Å². The fraction of sp³-hybridized carbons (Fsp3) is 0.913. The van der Waals surface area contributed by atoms with Crippen molar-refractivity contribution in [2.75, 3.05) is 0 Å². The lowest BCUT2D eigenvalue weighted by atomic mass is 9.43. The first-order valence-electron chi connectivity index (χ1n) is 33.6. The number of halogens is 4. The molecule has 0 aromatic rings. The molecule has 6 N–H and O–H groups in total. The zero-order valence-corrected chi connectivity index (χ0v) is 54.4. The Balaban J connectivity index is 0.000000131. The summed E-state index contributed by atoms with van der Waals surface area (Å²) in [6, 6.07) is 0.480. The third-order valence-corrected chi connectivity index (χ3v) is 28.7. The number of aliphatic hydroxyl groups excluding tert-OH is 2. The van der Waals surface area contributed by atoms with Crippen molar-refractivity contribution in [3.8, 4) is 0 Å². The Bertz CT molecular complexity index is 2670. The average Bonchev–Trinajstić information content (AvgIpc) is 2.20. The molecule has 0 radical (unpaired) electrons. The van der Waals surface area contributed by atoms with Gasteiger partial charge < -0.3 is 40.6 Å². The molecular weight excluding hydrogens is 1090 g/mol. The van der Waals surface area contributed by atoms with Crippen molar-refractivity contribution in [1.29, 1.82) is 0 Å². The quantitative estimate of drug-likeness (QED) is 0.114. The van der Waals surface area contributed by atoms with Gasteiger partial charge in [0.05, 0.1) is 54.1 Å². The molecule has 2 heterocycles. The lowest BCUT2D eigenvalue weighted by Crippen LogP contribution is -2.64. The molecule has 27 atom stereocenters. The number of nitrogens with zero attached hydrogens (tertiary/aromatic N) is 3. The summed E-state index contributed by atoms with van der Waals surface area (Å²) in [5, 5.41) is 26.2. The van der Waals surface area contributed by atoms with Crippen LogP contribution in [0.15, 0.2) is 39.3 Å². The molecule has 0 amide bonds. The topological polar surface area (TPSA) is 178 Å². The normalized spacial score (nSPS) is 54.9. The maximum atomic E-state index is 14.5. The van der Waals surface area contributed by atoms with Crippen molar-refractivity contribution < 1.29 is 42.3 Å². The van der Waals surface area contributed by atoms with Crippen LogP contribution in [0.1, 0.15) is 225 Å². The third kappa shape index (κ3) is 9.69. The van der Waals surface area contributed by atoms with Gasteiger partial charge >= 0.3 is 0 Å². The van der Waals surface area contributed by atoms with E-state index in [-0.39, 0.29) is 123 Å². The van der Waals surface area contributed by atoms with Gasteiger partial charge in [0.15, 0.2) is 11.6 Å². The van der Waals surface area contributed by atoms with E-state index in [9.17, 15) is 23.4 Å². The highest BCUT2D eigenvalue weighted by Crippen LogP contribution is 2.73. The molecule has 474 valence electrons. The van der Waals surface area contributed by atoms with Gasteiger partial charge in [-0.25, -0.2) is 13.2 Å². The van der Waals surface area contributed by atoms with Crippen LogP contribution < -0.4 is 11.5 Å². The van der Waals surface area contributed by atoms with Gasteiger partial charge in [-0.3, -0.25) is 0 Å². The molecule has 0 bridgehead atoms. The summed E-state index contributed by atoms with van der Waals surface area (Å²) in [5.74, 6) is 3.68. The SMILES string of the molecule is C/C(F)=C1/CCC2C3C(CC[C@]12C)[C@@]1(C)CC[C@@H](N)CC1[C@@H](O)[C@@H]3O.C/C(F)=C1/CCC2C3C(CC[C@]12C)[C@@]1(C)CC[C@@H](N)CC1[C@H]1OC(C)(C)O[C@H]31.C/C(F)=C1/CCC2C3C(CC[C@]12C)[C@@]1(C)CC[C@@H](N=[N+]=[N-])CC1[C@H]1OC(C)(C)O[C@H]31.Cl. The van der Waals surface area contributed by atoms with Crippen LogP contribution >= 0.6 is 12.4 Å². The van der Waals surface area contributed by atoms with Crippen molar-refractivity contribution >= 4 is 12.4 Å². The van der Waals surface area contributed by atoms with Crippen LogP contribution in [0.5, 0.6) is 0 Å². The van der Waals surface area contributed by atoms with Crippen LogP contribution in [0.2, 0.25) is 0 Å². The van der Waals surface area contributed by atoms with Gasteiger partial charge in [-0.15, -0.1) is 12.4 Å². The lowest BCUT2D eigenvalue weighted by Gasteiger charge is -2.63. The zero-order chi connectivity index (χ0) is 59.7. The summed E-state index contributed by atoms with van der Waals surface area (Å²) in [6.45, 7) is 27.2. The van der Waals surface area contributed by atoms with E-state index in [1.165, 1.54) is 12.8 Å². The van der Waals surface area contributed by atoms with Gasteiger partial charge in [0, 0.05) is 23.0 Å². The molecule has 11 nitrogen and oxygen atoms in total. The molecule has 0 aromatic heterocycles. The molecular formula is C69H109ClF3N5O6. The highest BCUT2D eigenvalue weighted by molar-refractivity contribution is 5.85. The summed E-state index contributed by atoms with van der Waals surface area (Å²) in [4.78, 5) is 3.11. The lowest BCUT2D eigenvalue weighted by molar-refractivity contribution is -0.210. The van der Waals surface area contributed by atoms with Gasteiger partial charge in [0.1, 0.15) is 0 Å². The van der Waals surface area contributed by atoms with Crippen LogP contribution in [-0.4, -0.2) is 76.5 Å². The monoisotopic (exact) mass is 1200 g/mol. The molecule has 12 aliphatic carbocycles. The largest absolute Gasteiger partial charge is 0.390 e. The molecule has 2 aliphatic heterocycles. The first kappa shape index (κ1) is 63.8. The summed E-state index contributed by atoms with van der Waals surface area (Å²) < 4.78 is 69.5. The molecule has 14 aliphatic rings. The van der Waals surface area contributed by atoms with Gasteiger partial charge in [-0.1, -0.05) is 46.7 Å². The average molecular weight is 1200 g/mol. The van der Waals surface area contributed by atoms with Crippen molar-refractivity contribution in [1.82, 2.24) is 0 Å². The van der Waals surface area contributed by atoms with E-state index in [1.54, 1.807) is 20.8 Å². The maximum absolute atomic E-state index is 14.5. The van der Waals surface area contributed by atoms with Gasteiger partial charge in [0.25, 0.3) is 0 Å². The Hall–Kier alpha value is -1.71. The molecule has 0 aromatic carbocycles. The highest BCUT2D eigenvalue weighted by atomic mass is 35.5. The predicted molar refractivity (Wildman–Crippen MR) is 325 cm³/mol. The summed E-state index contributed by atoms with van der Waals surface area (Å²) in [6.07, 6.45) is 20.3. The molecule has 84 heavy (non-hydrogen) atoms. The Morgan fingerprint density at radius 1 is 0.452 bits per heavy atom. The van der Waals surface area contributed by atoms with Gasteiger partial charge in [-0.05, 0) is 309 Å². The Labute approximate surface area is 508 Å². The second kappa shape index (κ2) is 22.0. The summed E-state index contributed by atoms with van der Waals surface area (Å²) in [5.41, 5.74) is 25.0. The van der Waals surface area contributed by atoms with E-state index in [2.05, 4.69) is 65.4 Å². The number of allylic oxidation sites excluding steroid dienone is 6. The molecule has 2 saturated heterocycles. The molecule has 14 fully saturated rings. The minimum Gasteiger partial charge on any atom is -0.390 e. The van der Waals surface area contributed by atoms with Crippen LogP contribution in [0.4, 0.5) is 13.2 Å². The molecule has 15 heteroatoms. The second-order valence-electron chi connectivity index (χ2n) is 33.0. The van der Waals surface area contributed by atoms with E-state index >= 15 is 0 Å². The Morgan fingerprint density at radius 3 is 1.20 bits per heavy atom. The molecule has 12 saturated carbocycles. The number of azide groups is 1. The van der Waals surface area contributed by atoms with Crippen LogP contribution in [-0.2, 0) is 18.9 Å². The fourth-order valence-electron chi connectivity index (χ4n) is 25.0. The van der Waals surface area contributed by atoms with Gasteiger partial charge in [-0.2, -0.15) is 0 Å². The smallest absolute Gasteiger partial charge is 0.163 e. The molecule has 0 spiro atoms. The fourth-order valence-corrected chi connectivity index (χ4v) is 25.0. The van der Waals surface area contributed by atoms with E-state index in [1.807, 2.05) is 13.8 Å². The summed E-state index contributed by atoms with van der Waals surface area (Å²) >= 11 is 0. The van der Waals surface area contributed by atoms with E-state index < -0.39 is 23.8 Å². The van der Waals surface area contributed by atoms with Gasteiger partial charge in [0.2, 0.25) is 0 Å². The number of fused-ring (bicyclic) bond motifs is 21. The number of ether oxygens (including phenoxy) is 4. The second-order valence-corrected chi connectivity index (χ2v) is 33.0. The number of nitrogens with two attached hydrogens (primary N) is 2. The minimum absolute atomic E-state index is 0. The minimum atomic E-state index is -0.697. The van der Waals surface area contributed by atoms with E-state index in [0.29, 0.717) is 53.3 Å². The number of hydrogen-bond donors (Lipinski definition) is 4. The van der Waals surface area contributed by atoms with E-state index in [0.717, 1.165) is 139 Å².